The lowest BCUT2D eigenvalue weighted by Gasteiger charge is -2.18. The molecule has 0 bridgehead atoms. The van der Waals surface area contributed by atoms with E-state index in [1.54, 1.807) is 19.9 Å². The van der Waals surface area contributed by atoms with Crippen LogP contribution >= 0.6 is 22.9 Å². The summed E-state index contributed by atoms with van der Waals surface area (Å²) in [4.78, 5) is 12.6. The van der Waals surface area contributed by atoms with E-state index in [1.165, 1.54) is 39.9 Å². The van der Waals surface area contributed by atoms with Crippen LogP contribution in [0.1, 0.15) is 24.2 Å². The number of aromatic nitrogens is 2. The molecule has 3 rings (SSSR count). The predicted octanol–water partition coefficient (Wildman–Crippen LogP) is 4.14. The molecule has 0 saturated heterocycles. The number of benzene rings is 2. The van der Waals surface area contributed by atoms with E-state index >= 15 is 0 Å². The van der Waals surface area contributed by atoms with Crippen LogP contribution in [0, 0.1) is 0 Å². The molecule has 0 unspecified atom stereocenters. The maximum atomic E-state index is 12.5. The summed E-state index contributed by atoms with van der Waals surface area (Å²) < 4.78 is 26.4. The monoisotopic (exact) mass is 450 g/mol. The number of nitrogens with zero attached hydrogens (tertiary/aromatic N) is 3. The zero-order valence-corrected chi connectivity index (χ0v) is 18.2. The van der Waals surface area contributed by atoms with Crippen LogP contribution in [-0.2, 0) is 10.0 Å². The smallest absolute Gasteiger partial charge is 0.257 e. The third-order valence-electron chi connectivity index (χ3n) is 4.21. The molecule has 0 spiro atoms. The average Bonchev–Trinajstić information content (AvgIpc) is 3.17. The van der Waals surface area contributed by atoms with Crippen LogP contribution in [-0.4, -0.2) is 41.9 Å². The van der Waals surface area contributed by atoms with Crippen molar-refractivity contribution >= 4 is 44.0 Å². The van der Waals surface area contributed by atoms with Gasteiger partial charge in [0.25, 0.3) is 5.91 Å². The van der Waals surface area contributed by atoms with Gasteiger partial charge < -0.3 is 0 Å². The number of nitrogens with one attached hydrogen (secondary N) is 1. The first-order valence-electron chi connectivity index (χ1n) is 8.86. The molecule has 0 fully saturated rings. The number of carbonyl (C=O) groups is 1. The van der Waals surface area contributed by atoms with Crippen LogP contribution in [0.2, 0.25) is 5.02 Å². The van der Waals surface area contributed by atoms with Crippen molar-refractivity contribution < 1.29 is 13.2 Å². The first-order valence-corrected chi connectivity index (χ1v) is 11.5. The van der Waals surface area contributed by atoms with Crippen LogP contribution in [0.3, 0.4) is 0 Å². The summed E-state index contributed by atoms with van der Waals surface area (Å²) in [5.41, 5.74) is 1.05. The van der Waals surface area contributed by atoms with Gasteiger partial charge in [0.1, 0.15) is 0 Å². The summed E-state index contributed by atoms with van der Waals surface area (Å²) in [7, 11) is -3.57. The van der Waals surface area contributed by atoms with Gasteiger partial charge in [0, 0.05) is 24.2 Å². The lowest BCUT2D eigenvalue weighted by Crippen LogP contribution is -2.30. The first-order chi connectivity index (χ1) is 13.9. The minimum Gasteiger partial charge on any atom is -0.296 e. The standard InChI is InChI=1S/C19H19ClN4O3S2/c1-3-24(4-2)29(26,27)14-11-9-13(10-12-14)17(25)21-19-23-22-18(28-19)15-7-5-6-8-16(15)20/h5-12H,3-4H2,1-2H3,(H,21,23,25). The third kappa shape index (κ3) is 4.64. The molecule has 0 saturated carbocycles. The van der Waals surface area contributed by atoms with Gasteiger partial charge >= 0.3 is 0 Å². The Morgan fingerprint density at radius 3 is 2.34 bits per heavy atom. The van der Waals surface area contributed by atoms with E-state index in [9.17, 15) is 13.2 Å². The highest BCUT2D eigenvalue weighted by atomic mass is 35.5. The van der Waals surface area contributed by atoms with Crippen molar-refractivity contribution in [3.63, 3.8) is 0 Å². The quantitative estimate of drug-likeness (QED) is 0.584. The van der Waals surface area contributed by atoms with E-state index in [2.05, 4.69) is 15.5 Å². The number of amides is 1. The first kappa shape index (κ1) is 21.4. The minimum atomic E-state index is -3.57. The maximum absolute atomic E-state index is 12.5. The lowest BCUT2D eigenvalue weighted by molar-refractivity contribution is 0.102. The predicted molar refractivity (Wildman–Crippen MR) is 115 cm³/mol. The molecule has 0 aliphatic carbocycles. The number of rotatable bonds is 7. The van der Waals surface area contributed by atoms with E-state index in [4.69, 9.17) is 11.6 Å². The number of carbonyl (C=O) groups excluding carboxylic acids is 1. The van der Waals surface area contributed by atoms with Crippen LogP contribution in [0.25, 0.3) is 10.6 Å². The number of halogens is 1. The van der Waals surface area contributed by atoms with Crippen LogP contribution in [0.5, 0.6) is 0 Å². The van der Waals surface area contributed by atoms with Gasteiger partial charge in [0.15, 0.2) is 5.01 Å². The Labute approximate surface area is 178 Å². The van der Waals surface area contributed by atoms with Crippen molar-refractivity contribution in [2.45, 2.75) is 18.7 Å². The zero-order valence-electron chi connectivity index (χ0n) is 15.8. The van der Waals surface area contributed by atoms with Gasteiger partial charge in [-0.15, -0.1) is 10.2 Å². The maximum Gasteiger partial charge on any atom is 0.257 e. The van der Waals surface area contributed by atoms with Crippen molar-refractivity contribution in [2.75, 3.05) is 18.4 Å². The van der Waals surface area contributed by atoms with Crippen LogP contribution in [0.4, 0.5) is 5.13 Å². The van der Waals surface area contributed by atoms with Crippen molar-refractivity contribution in [2.24, 2.45) is 0 Å². The largest absolute Gasteiger partial charge is 0.296 e. The summed E-state index contributed by atoms with van der Waals surface area (Å²) in [6.45, 7) is 4.32. The highest BCUT2D eigenvalue weighted by Gasteiger charge is 2.22. The fourth-order valence-electron chi connectivity index (χ4n) is 2.68. The fourth-order valence-corrected chi connectivity index (χ4v) is 5.19. The summed E-state index contributed by atoms with van der Waals surface area (Å²) in [6, 6.07) is 13.0. The number of hydrogen-bond acceptors (Lipinski definition) is 6. The molecule has 1 N–H and O–H groups in total. The van der Waals surface area contributed by atoms with E-state index in [-0.39, 0.29) is 4.90 Å². The van der Waals surface area contributed by atoms with Gasteiger partial charge in [-0.2, -0.15) is 4.31 Å². The summed E-state index contributed by atoms with van der Waals surface area (Å²) in [5.74, 6) is -0.404. The topological polar surface area (TPSA) is 92.3 Å². The summed E-state index contributed by atoms with van der Waals surface area (Å²) in [5, 5.41) is 12.2. The average molecular weight is 451 g/mol. The lowest BCUT2D eigenvalue weighted by atomic mass is 10.2. The van der Waals surface area contributed by atoms with E-state index in [0.29, 0.717) is 33.8 Å². The molecule has 3 aromatic rings. The van der Waals surface area contributed by atoms with Crippen molar-refractivity contribution in [3.8, 4) is 10.6 Å². The summed E-state index contributed by atoms with van der Waals surface area (Å²) >= 11 is 7.36. The molecule has 1 amide bonds. The molecule has 7 nitrogen and oxygen atoms in total. The minimum absolute atomic E-state index is 0.148. The number of hydrogen-bond donors (Lipinski definition) is 1. The normalized spacial score (nSPS) is 11.6. The van der Waals surface area contributed by atoms with E-state index in [0.717, 1.165) is 5.56 Å². The van der Waals surface area contributed by atoms with Gasteiger partial charge in [-0.3, -0.25) is 10.1 Å². The Bertz CT molecular complexity index is 1110. The molecule has 2 aromatic carbocycles. The third-order valence-corrected chi connectivity index (χ3v) is 7.48. The number of anilines is 1. The SMILES string of the molecule is CCN(CC)S(=O)(=O)c1ccc(C(=O)Nc2nnc(-c3ccccc3Cl)s2)cc1. The molecule has 29 heavy (non-hydrogen) atoms. The molecule has 0 aliphatic rings. The van der Waals surface area contributed by atoms with Gasteiger partial charge in [0.2, 0.25) is 15.2 Å². The van der Waals surface area contributed by atoms with Crippen molar-refractivity contribution in [1.82, 2.24) is 14.5 Å². The molecule has 1 aromatic heterocycles. The van der Waals surface area contributed by atoms with Gasteiger partial charge in [-0.1, -0.05) is 55.0 Å². The second-order valence-corrected chi connectivity index (χ2v) is 9.28. The van der Waals surface area contributed by atoms with Crippen LogP contribution in [0.15, 0.2) is 53.4 Å². The molecular weight excluding hydrogens is 432 g/mol. The Morgan fingerprint density at radius 2 is 1.72 bits per heavy atom. The highest BCUT2D eigenvalue weighted by Crippen LogP contribution is 2.31. The van der Waals surface area contributed by atoms with Gasteiger partial charge in [0.05, 0.1) is 9.92 Å². The van der Waals surface area contributed by atoms with Crippen LogP contribution < -0.4 is 5.32 Å². The fraction of sp³-hybridized carbons (Fsp3) is 0.211. The van der Waals surface area contributed by atoms with E-state index < -0.39 is 15.9 Å². The molecule has 152 valence electrons. The van der Waals surface area contributed by atoms with Crippen molar-refractivity contribution in [3.05, 3.63) is 59.1 Å². The molecule has 0 aliphatic heterocycles. The second kappa shape index (κ2) is 9.00. The molecule has 0 atom stereocenters. The Balaban J connectivity index is 1.75. The van der Waals surface area contributed by atoms with Gasteiger partial charge in [-0.05, 0) is 30.3 Å². The zero-order chi connectivity index (χ0) is 21.0. The molecule has 10 heteroatoms. The molecular formula is C19H19ClN4O3S2. The Kier molecular flexibility index (Phi) is 6.63. The molecule has 0 radical (unpaired) electrons. The summed E-state index contributed by atoms with van der Waals surface area (Å²) in [6.07, 6.45) is 0. The van der Waals surface area contributed by atoms with Crippen molar-refractivity contribution in [1.29, 1.82) is 0 Å². The van der Waals surface area contributed by atoms with Gasteiger partial charge in [-0.25, -0.2) is 8.42 Å². The number of sulfonamides is 1. The Morgan fingerprint density at radius 1 is 1.07 bits per heavy atom. The second-order valence-electron chi connectivity index (χ2n) is 5.96. The highest BCUT2D eigenvalue weighted by molar-refractivity contribution is 7.89. The van der Waals surface area contributed by atoms with E-state index in [1.807, 2.05) is 18.2 Å². The Hall–Kier alpha value is -2.33. The molecule has 1 heterocycles.